The van der Waals surface area contributed by atoms with Gasteiger partial charge in [0.2, 0.25) is 0 Å². The summed E-state index contributed by atoms with van der Waals surface area (Å²) in [6.07, 6.45) is -0.233. The van der Waals surface area contributed by atoms with Crippen LogP contribution in [-0.2, 0) is 14.3 Å². The van der Waals surface area contributed by atoms with Gasteiger partial charge in [0.05, 0.1) is 19.4 Å². The molecule has 0 heterocycles. The van der Waals surface area contributed by atoms with E-state index in [2.05, 4.69) is 4.18 Å². The fourth-order valence-corrected chi connectivity index (χ4v) is 2.22. The largest absolute Gasteiger partial charge is 0.464 e. The van der Waals surface area contributed by atoms with Gasteiger partial charge in [-0.1, -0.05) is 18.2 Å². The van der Waals surface area contributed by atoms with E-state index in [1.807, 2.05) is 6.07 Å². The van der Waals surface area contributed by atoms with Crippen molar-refractivity contribution in [2.45, 2.75) is 4.90 Å². The Morgan fingerprint density at radius 2 is 2.00 bits per heavy atom. The van der Waals surface area contributed by atoms with Crippen LogP contribution in [0.25, 0.3) is 0 Å². The summed E-state index contributed by atoms with van der Waals surface area (Å²) in [5.41, 5.74) is 0. The van der Waals surface area contributed by atoms with Crippen molar-refractivity contribution in [3.8, 4) is 0 Å². The van der Waals surface area contributed by atoms with E-state index in [4.69, 9.17) is 5.11 Å². The summed E-state index contributed by atoms with van der Waals surface area (Å²) in [6.45, 7) is -0.243. The molecule has 6 nitrogen and oxygen atoms in total. The molecule has 0 atom stereocenters. The minimum absolute atomic E-state index is 0.0397. The van der Waals surface area contributed by atoms with E-state index in [0.29, 0.717) is 0 Å². The Bertz CT molecular complexity index is 488. The molecule has 0 aliphatic rings. The van der Waals surface area contributed by atoms with Crippen LogP contribution in [0.1, 0.15) is 0 Å². The zero-order valence-electron chi connectivity index (χ0n) is 9.64. The molecule has 100 valence electrons. The second-order valence-corrected chi connectivity index (χ2v) is 6.05. The molecule has 0 saturated heterocycles. The molecule has 0 saturated carbocycles. The van der Waals surface area contributed by atoms with Crippen LogP contribution in [0.15, 0.2) is 35.2 Å². The lowest BCUT2D eigenvalue weighted by molar-refractivity contribution is 0.169. The molecule has 0 unspecified atom stereocenters. The van der Waals surface area contributed by atoms with Crippen LogP contribution in [0.5, 0.6) is 0 Å². The monoisotopic (exact) mass is 291 g/mol. The summed E-state index contributed by atoms with van der Waals surface area (Å²) < 4.78 is 27.0. The molecule has 0 fully saturated rings. The number of amides is 1. The van der Waals surface area contributed by atoms with Crippen molar-refractivity contribution in [3.63, 3.8) is 0 Å². The Kier molecular flexibility index (Phi) is 5.45. The van der Waals surface area contributed by atoms with Gasteiger partial charge in [-0.2, -0.15) is 8.42 Å². The first-order valence-electron chi connectivity index (χ1n) is 4.96. The van der Waals surface area contributed by atoms with E-state index in [-0.39, 0.29) is 13.2 Å². The molecule has 1 amide bonds. The third kappa shape index (κ3) is 5.89. The second kappa shape index (κ2) is 6.62. The van der Waals surface area contributed by atoms with E-state index in [9.17, 15) is 13.2 Å². The summed E-state index contributed by atoms with van der Waals surface area (Å²) in [5, 5.41) is 8.96. The lowest BCUT2D eigenvalue weighted by Crippen LogP contribution is -2.27. The van der Waals surface area contributed by atoms with Crippen LogP contribution in [0.3, 0.4) is 0 Å². The number of rotatable bonds is 6. The Balaban J connectivity index is 2.54. The van der Waals surface area contributed by atoms with Crippen LogP contribution >= 0.6 is 11.9 Å². The molecule has 1 aromatic carbocycles. The topological polar surface area (TPSA) is 83.9 Å². The molecule has 0 aliphatic heterocycles. The predicted octanol–water partition coefficient (Wildman–Crippen LogP) is 1.65. The first kappa shape index (κ1) is 14.8. The highest BCUT2D eigenvalue weighted by Gasteiger charge is 2.14. The normalized spacial score (nSPS) is 11.2. The Morgan fingerprint density at radius 3 is 2.50 bits per heavy atom. The van der Waals surface area contributed by atoms with Gasteiger partial charge in [0.25, 0.3) is 10.1 Å². The van der Waals surface area contributed by atoms with Gasteiger partial charge in [-0.15, -0.1) is 0 Å². The highest BCUT2D eigenvalue weighted by atomic mass is 32.2. The van der Waals surface area contributed by atoms with Gasteiger partial charge < -0.3 is 5.11 Å². The number of nitrogens with zero attached hydrogens (tertiary/aromatic N) is 1. The van der Waals surface area contributed by atoms with Crippen LogP contribution in [0.2, 0.25) is 0 Å². The number of hydrogen-bond acceptors (Lipinski definition) is 5. The van der Waals surface area contributed by atoms with Crippen molar-refractivity contribution in [2.75, 3.05) is 19.4 Å². The lowest BCUT2D eigenvalue weighted by atomic mass is 10.4. The van der Waals surface area contributed by atoms with E-state index in [1.54, 1.807) is 24.3 Å². The lowest BCUT2D eigenvalue weighted by Gasteiger charge is -2.17. The fourth-order valence-electron chi connectivity index (χ4n) is 1.06. The summed E-state index contributed by atoms with van der Waals surface area (Å²) in [6, 6.07) is 8.92. The Hall–Kier alpha value is -1.25. The van der Waals surface area contributed by atoms with Gasteiger partial charge in [0, 0.05) is 4.90 Å². The summed E-state index contributed by atoms with van der Waals surface area (Å²) in [7, 11) is -3.55. The smallest absolute Gasteiger partial charge is 0.417 e. The summed E-state index contributed by atoms with van der Waals surface area (Å²) in [5.74, 6) is 0. The number of hydrogen-bond donors (Lipinski definition) is 1. The van der Waals surface area contributed by atoms with Gasteiger partial charge in [-0.25, -0.2) is 9.10 Å². The number of benzene rings is 1. The van der Waals surface area contributed by atoms with Crippen LogP contribution in [-0.4, -0.2) is 43.3 Å². The molecular formula is C10H13NO5S2. The van der Waals surface area contributed by atoms with E-state index in [1.165, 1.54) is 0 Å². The molecule has 1 rings (SSSR count). The third-order valence-corrected chi connectivity index (χ3v) is 3.40. The maximum absolute atomic E-state index is 11.0. The van der Waals surface area contributed by atoms with Gasteiger partial charge >= 0.3 is 6.09 Å². The molecule has 0 aromatic heterocycles. The highest BCUT2D eigenvalue weighted by molar-refractivity contribution is 7.97. The van der Waals surface area contributed by atoms with Crippen molar-refractivity contribution in [1.82, 2.24) is 4.31 Å². The maximum atomic E-state index is 11.0. The summed E-state index contributed by atoms with van der Waals surface area (Å²) in [4.78, 5) is 11.7. The van der Waals surface area contributed by atoms with Gasteiger partial charge in [0.15, 0.2) is 0 Å². The van der Waals surface area contributed by atoms with E-state index in [0.717, 1.165) is 27.4 Å². The number of carboxylic acid groups (broad SMARTS) is 1. The van der Waals surface area contributed by atoms with E-state index >= 15 is 0 Å². The van der Waals surface area contributed by atoms with E-state index < -0.39 is 16.2 Å². The molecule has 1 N–H and O–H groups in total. The van der Waals surface area contributed by atoms with Crippen molar-refractivity contribution in [1.29, 1.82) is 0 Å². The van der Waals surface area contributed by atoms with Crippen molar-refractivity contribution < 1.29 is 22.5 Å². The van der Waals surface area contributed by atoms with Gasteiger partial charge in [-0.05, 0) is 24.1 Å². The third-order valence-electron chi connectivity index (χ3n) is 1.76. The fraction of sp³-hybridized carbons (Fsp3) is 0.300. The molecule has 0 bridgehead atoms. The van der Waals surface area contributed by atoms with Crippen molar-refractivity contribution in [2.24, 2.45) is 0 Å². The van der Waals surface area contributed by atoms with Gasteiger partial charge in [0.1, 0.15) is 0 Å². The quantitative estimate of drug-likeness (QED) is 0.634. The summed E-state index contributed by atoms with van der Waals surface area (Å²) >= 11 is 1.01. The molecule has 18 heavy (non-hydrogen) atoms. The Morgan fingerprint density at radius 1 is 1.39 bits per heavy atom. The molecular weight excluding hydrogens is 278 g/mol. The average molecular weight is 291 g/mol. The predicted molar refractivity (Wildman–Crippen MR) is 67.8 cm³/mol. The van der Waals surface area contributed by atoms with Crippen molar-refractivity contribution >= 4 is 28.2 Å². The zero-order chi connectivity index (χ0) is 13.6. The zero-order valence-corrected chi connectivity index (χ0v) is 11.3. The van der Waals surface area contributed by atoms with Gasteiger partial charge in [-0.3, -0.25) is 4.18 Å². The van der Waals surface area contributed by atoms with Crippen LogP contribution in [0.4, 0.5) is 4.79 Å². The minimum Gasteiger partial charge on any atom is -0.464 e. The molecule has 1 aromatic rings. The van der Waals surface area contributed by atoms with Crippen LogP contribution in [0, 0.1) is 0 Å². The molecule has 8 heteroatoms. The number of carbonyl (C=O) groups is 1. The maximum Gasteiger partial charge on any atom is 0.417 e. The molecule has 0 radical (unpaired) electrons. The van der Waals surface area contributed by atoms with Crippen molar-refractivity contribution in [3.05, 3.63) is 30.3 Å². The standard InChI is InChI=1S/C10H13NO5S2/c1-18(14,15)16-8-7-11(10(12)13)17-9-5-3-2-4-6-9/h2-6H,7-8H2,1H3,(H,12,13). The molecule has 0 spiro atoms. The SMILES string of the molecule is CS(=O)(=O)OCCN(Sc1ccccc1)C(=O)O. The second-order valence-electron chi connectivity index (χ2n) is 3.32. The minimum atomic E-state index is -3.55. The highest BCUT2D eigenvalue weighted by Crippen LogP contribution is 2.21. The Labute approximate surface area is 110 Å². The molecule has 0 aliphatic carbocycles. The first-order chi connectivity index (χ1) is 8.38. The van der Waals surface area contributed by atoms with Crippen LogP contribution < -0.4 is 0 Å². The average Bonchev–Trinajstić information content (AvgIpc) is 2.27. The first-order valence-corrected chi connectivity index (χ1v) is 7.55.